The van der Waals surface area contributed by atoms with Gasteiger partial charge in [-0.2, -0.15) is 0 Å². The number of thiophene rings is 1. The molecule has 0 spiro atoms. The van der Waals surface area contributed by atoms with E-state index >= 15 is 0 Å². The highest BCUT2D eigenvalue weighted by molar-refractivity contribution is 7.14. The molecule has 1 aromatic carbocycles. The van der Waals surface area contributed by atoms with E-state index in [2.05, 4.69) is 10.6 Å². The fourth-order valence-corrected chi connectivity index (χ4v) is 4.01. The maximum Gasteiger partial charge on any atom is 0.341 e. The van der Waals surface area contributed by atoms with Crippen LogP contribution in [0.1, 0.15) is 17.3 Å². The lowest BCUT2D eigenvalue weighted by molar-refractivity contribution is -0.120. The van der Waals surface area contributed by atoms with Crippen molar-refractivity contribution in [3.05, 3.63) is 47.1 Å². The van der Waals surface area contributed by atoms with Crippen molar-refractivity contribution in [3.8, 4) is 0 Å². The van der Waals surface area contributed by atoms with Gasteiger partial charge in [-0.15, -0.1) is 11.3 Å². The number of piperazine rings is 1. The molecule has 0 bridgehead atoms. The first-order valence-electron chi connectivity index (χ1n) is 9.99. The average molecular weight is 449 g/mol. The molecule has 1 fully saturated rings. The van der Waals surface area contributed by atoms with Crippen LogP contribution < -0.4 is 10.6 Å². The minimum absolute atomic E-state index is 0.198. The molecule has 2 amide bonds. The molecule has 0 aliphatic carbocycles. The van der Waals surface area contributed by atoms with Crippen molar-refractivity contribution < 1.29 is 23.5 Å². The number of carbonyl (C=O) groups is 3. The Kier molecular flexibility index (Phi) is 8.10. The summed E-state index contributed by atoms with van der Waals surface area (Å²) in [5.74, 6) is -1.27. The molecule has 1 aromatic heterocycles. The van der Waals surface area contributed by atoms with E-state index in [1.165, 1.54) is 23.5 Å². The fourth-order valence-electron chi connectivity index (χ4n) is 3.22. The maximum absolute atomic E-state index is 13.2. The van der Waals surface area contributed by atoms with Gasteiger partial charge in [0.05, 0.1) is 25.3 Å². The van der Waals surface area contributed by atoms with E-state index in [1.807, 2.05) is 9.80 Å². The molecule has 3 rings (SSSR count). The van der Waals surface area contributed by atoms with Gasteiger partial charge in [0.25, 0.3) is 0 Å². The Morgan fingerprint density at radius 2 is 1.68 bits per heavy atom. The van der Waals surface area contributed by atoms with E-state index in [0.29, 0.717) is 42.4 Å². The van der Waals surface area contributed by atoms with Crippen LogP contribution in [0.3, 0.4) is 0 Å². The Hall–Kier alpha value is -2.82. The summed E-state index contributed by atoms with van der Waals surface area (Å²) in [4.78, 5) is 40.5. The van der Waals surface area contributed by atoms with E-state index in [9.17, 15) is 18.8 Å². The molecule has 0 radical (unpaired) electrons. The van der Waals surface area contributed by atoms with Crippen molar-refractivity contribution in [2.24, 2.45) is 0 Å². The Morgan fingerprint density at radius 3 is 2.29 bits per heavy atom. The summed E-state index contributed by atoms with van der Waals surface area (Å²) in [5, 5.41) is 7.68. The predicted molar refractivity (Wildman–Crippen MR) is 117 cm³/mol. The third-order valence-electron chi connectivity index (χ3n) is 4.72. The molecule has 1 aliphatic heterocycles. The van der Waals surface area contributed by atoms with Crippen LogP contribution in [0.2, 0.25) is 0 Å². The van der Waals surface area contributed by atoms with Gasteiger partial charge in [0.15, 0.2) is 0 Å². The summed E-state index contributed by atoms with van der Waals surface area (Å²) in [7, 11) is 0. The quantitative estimate of drug-likeness (QED) is 0.602. The summed E-state index contributed by atoms with van der Waals surface area (Å²) < 4.78 is 18.2. The number of hydrogen-bond donors (Lipinski definition) is 2. The van der Waals surface area contributed by atoms with Crippen LogP contribution in [0.5, 0.6) is 0 Å². The van der Waals surface area contributed by atoms with Gasteiger partial charge in [0.2, 0.25) is 11.8 Å². The maximum atomic E-state index is 13.2. The van der Waals surface area contributed by atoms with Crippen molar-refractivity contribution in [2.75, 3.05) is 56.5 Å². The fraction of sp³-hybridized carbons (Fsp3) is 0.381. The number of nitrogens with zero attached hydrogens (tertiary/aromatic N) is 2. The lowest BCUT2D eigenvalue weighted by Crippen LogP contribution is -2.50. The lowest BCUT2D eigenvalue weighted by Gasteiger charge is -2.33. The van der Waals surface area contributed by atoms with Crippen LogP contribution in [-0.4, -0.2) is 73.5 Å². The highest BCUT2D eigenvalue weighted by atomic mass is 32.1. The predicted octanol–water partition coefficient (Wildman–Crippen LogP) is 2.26. The lowest BCUT2D eigenvalue weighted by atomic mass is 10.3. The van der Waals surface area contributed by atoms with Gasteiger partial charge in [-0.25, -0.2) is 9.18 Å². The smallest absolute Gasteiger partial charge is 0.341 e. The topological polar surface area (TPSA) is 91.0 Å². The van der Waals surface area contributed by atoms with Gasteiger partial charge in [0.1, 0.15) is 10.8 Å². The van der Waals surface area contributed by atoms with E-state index in [4.69, 9.17) is 4.74 Å². The van der Waals surface area contributed by atoms with Crippen LogP contribution in [-0.2, 0) is 14.3 Å². The molecular weight excluding hydrogens is 423 g/mol. The van der Waals surface area contributed by atoms with Crippen molar-refractivity contribution in [1.82, 2.24) is 9.80 Å². The Bertz CT molecular complexity index is 928. The molecule has 31 heavy (non-hydrogen) atoms. The van der Waals surface area contributed by atoms with E-state index in [0.717, 1.165) is 0 Å². The second-order valence-corrected chi connectivity index (χ2v) is 7.96. The molecule has 2 aromatic rings. The minimum atomic E-state index is -0.454. The largest absolute Gasteiger partial charge is 0.462 e. The zero-order valence-electron chi connectivity index (χ0n) is 17.2. The number of esters is 1. The number of hydrogen-bond acceptors (Lipinski definition) is 7. The Balaban J connectivity index is 1.41. The van der Waals surface area contributed by atoms with Crippen LogP contribution in [0.25, 0.3) is 0 Å². The first kappa shape index (κ1) is 22.9. The Labute approximate surface area is 184 Å². The summed E-state index contributed by atoms with van der Waals surface area (Å²) in [6.07, 6.45) is 0. The van der Waals surface area contributed by atoms with Gasteiger partial charge in [-0.05, 0) is 36.6 Å². The van der Waals surface area contributed by atoms with E-state index in [-0.39, 0.29) is 31.5 Å². The summed E-state index contributed by atoms with van der Waals surface area (Å²) >= 11 is 1.28. The monoisotopic (exact) mass is 448 g/mol. The highest BCUT2D eigenvalue weighted by Gasteiger charge is 2.22. The summed E-state index contributed by atoms with van der Waals surface area (Å²) in [6, 6.07) is 7.40. The average Bonchev–Trinajstić information content (AvgIpc) is 3.17. The van der Waals surface area contributed by atoms with E-state index in [1.54, 1.807) is 30.5 Å². The number of amides is 2. The number of benzene rings is 1. The molecule has 166 valence electrons. The zero-order valence-corrected chi connectivity index (χ0v) is 18.0. The third kappa shape index (κ3) is 6.84. The number of rotatable bonds is 8. The first-order valence-corrected chi connectivity index (χ1v) is 10.9. The standard InChI is InChI=1S/C21H25FN4O4S/c1-2-30-21(29)17-6-11-31-20(17)24-19(28)14-26-9-7-25(8-10-26)13-18(27)23-16-5-3-4-15(22)12-16/h3-6,11-12H,2,7-10,13-14H2,1H3,(H,23,27)(H,24,28). The van der Waals surface area contributed by atoms with Gasteiger partial charge >= 0.3 is 5.97 Å². The van der Waals surface area contributed by atoms with Crippen molar-refractivity contribution in [2.45, 2.75) is 6.92 Å². The van der Waals surface area contributed by atoms with Crippen molar-refractivity contribution >= 4 is 39.8 Å². The molecule has 1 saturated heterocycles. The molecular formula is C21H25FN4O4S. The molecule has 0 unspecified atom stereocenters. The molecule has 1 aliphatic rings. The Morgan fingerprint density at radius 1 is 1.03 bits per heavy atom. The molecule has 8 nitrogen and oxygen atoms in total. The van der Waals surface area contributed by atoms with Crippen LogP contribution in [0.15, 0.2) is 35.7 Å². The number of ether oxygens (including phenoxy) is 1. The zero-order chi connectivity index (χ0) is 22.2. The van der Waals surface area contributed by atoms with Crippen LogP contribution in [0, 0.1) is 5.82 Å². The summed E-state index contributed by atoms with van der Waals surface area (Å²) in [6.45, 7) is 4.94. The second kappa shape index (κ2) is 11.0. The van der Waals surface area contributed by atoms with Crippen molar-refractivity contribution in [3.63, 3.8) is 0 Å². The van der Waals surface area contributed by atoms with Crippen LogP contribution >= 0.6 is 11.3 Å². The van der Waals surface area contributed by atoms with E-state index < -0.39 is 11.8 Å². The summed E-state index contributed by atoms with van der Waals surface area (Å²) in [5.41, 5.74) is 0.783. The molecule has 2 N–H and O–H groups in total. The van der Waals surface area contributed by atoms with Crippen molar-refractivity contribution in [1.29, 1.82) is 0 Å². The van der Waals surface area contributed by atoms with Gasteiger partial charge in [-0.3, -0.25) is 19.4 Å². The SMILES string of the molecule is CCOC(=O)c1ccsc1NC(=O)CN1CCN(CC(=O)Nc2cccc(F)c2)CC1. The number of carbonyl (C=O) groups excluding carboxylic acids is 3. The number of halogens is 1. The number of anilines is 2. The third-order valence-corrected chi connectivity index (χ3v) is 5.55. The van der Waals surface area contributed by atoms with Crippen LogP contribution in [0.4, 0.5) is 15.1 Å². The molecule has 0 saturated carbocycles. The van der Waals surface area contributed by atoms with Gasteiger partial charge < -0.3 is 15.4 Å². The van der Waals surface area contributed by atoms with Gasteiger partial charge in [-0.1, -0.05) is 6.07 Å². The first-order chi connectivity index (χ1) is 14.9. The highest BCUT2D eigenvalue weighted by Crippen LogP contribution is 2.24. The molecule has 0 atom stereocenters. The van der Waals surface area contributed by atoms with Gasteiger partial charge in [0, 0.05) is 31.9 Å². The second-order valence-electron chi connectivity index (χ2n) is 7.04. The normalized spacial score (nSPS) is 14.8. The molecule has 2 heterocycles. The number of nitrogens with one attached hydrogen (secondary N) is 2. The molecule has 10 heteroatoms. The minimum Gasteiger partial charge on any atom is -0.462 e.